The van der Waals surface area contributed by atoms with Gasteiger partial charge in [0.05, 0.1) is 25.6 Å². The molecular formula is C18H19ClN2O4. The largest absolute Gasteiger partial charge is 0.494 e. The minimum absolute atomic E-state index is 0.285. The van der Waals surface area contributed by atoms with Crippen LogP contribution in [-0.2, 0) is 4.79 Å². The van der Waals surface area contributed by atoms with E-state index in [1.54, 1.807) is 43.3 Å². The lowest BCUT2D eigenvalue weighted by Gasteiger charge is -2.16. The topological polar surface area (TPSA) is 76.7 Å². The highest BCUT2D eigenvalue weighted by Crippen LogP contribution is 2.36. The molecule has 0 aliphatic heterocycles. The van der Waals surface area contributed by atoms with E-state index in [0.29, 0.717) is 28.4 Å². The molecule has 2 rings (SSSR count). The quantitative estimate of drug-likeness (QED) is 0.771. The maximum absolute atomic E-state index is 12.3. The van der Waals surface area contributed by atoms with E-state index in [1.807, 2.05) is 6.07 Å². The number of amides is 2. The molecule has 6 nitrogen and oxygen atoms in total. The molecule has 0 bridgehead atoms. The number of anilines is 2. The molecule has 0 aromatic heterocycles. The summed E-state index contributed by atoms with van der Waals surface area (Å²) in [5, 5.41) is 4.73. The first-order chi connectivity index (χ1) is 12.0. The van der Waals surface area contributed by atoms with Crippen molar-refractivity contribution in [1.29, 1.82) is 0 Å². The van der Waals surface area contributed by atoms with Crippen LogP contribution in [0.5, 0.6) is 11.5 Å². The van der Waals surface area contributed by atoms with Gasteiger partial charge in [0, 0.05) is 17.7 Å². The van der Waals surface area contributed by atoms with Crippen molar-refractivity contribution in [2.45, 2.75) is 12.3 Å². The fourth-order valence-electron chi connectivity index (χ4n) is 2.11. The number of hydrogen-bond acceptors (Lipinski definition) is 4. The molecule has 2 aromatic carbocycles. The predicted octanol–water partition coefficient (Wildman–Crippen LogP) is 3.52. The van der Waals surface area contributed by atoms with Crippen molar-refractivity contribution in [2.24, 2.45) is 0 Å². The molecule has 1 atom stereocenters. The summed E-state index contributed by atoms with van der Waals surface area (Å²) in [6.07, 6.45) is 0. The highest BCUT2D eigenvalue weighted by molar-refractivity contribution is 6.32. The Hall–Kier alpha value is -2.73. The van der Waals surface area contributed by atoms with Crippen LogP contribution in [-0.4, -0.2) is 31.4 Å². The van der Waals surface area contributed by atoms with Crippen LogP contribution in [0.4, 0.5) is 11.4 Å². The number of halogens is 1. The van der Waals surface area contributed by atoms with E-state index in [0.717, 1.165) is 0 Å². The van der Waals surface area contributed by atoms with Crippen LogP contribution in [0.15, 0.2) is 42.5 Å². The maximum atomic E-state index is 12.3. The zero-order valence-electron chi connectivity index (χ0n) is 14.1. The van der Waals surface area contributed by atoms with E-state index in [4.69, 9.17) is 21.1 Å². The zero-order chi connectivity index (χ0) is 18.4. The SMILES string of the molecule is COc1cc(NC(=O)[C@H](C)Cl)c(OC)cc1NC(=O)c1ccccc1. The average Bonchev–Trinajstić information content (AvgIpc) is 2.62. The van der Waals surface area contributed by atoms with Crippen LogP contribution in [0, 0.1) is 0 Å². The van der Waals surface area contributed by atoms with Gasteiger partial charge >= 0.3 is 0 Å². The molecule has 25 heavy (non-hydrogen) atoms. The highest BCUT2D eigenvalue weighted by atomic mass is 35.5. The monoisotopic (exact) mass is 362 g/mol. The van der Waals surface area contributed by atoms with Crippen LogP contribution >= 0.6 is 11.6 Å². The van der Waals surface area contributed by atoms with E-state index < -0.39 is 5.38 Å². The number of benzene rings is 2. The zero-order valence-corrected chi connectivity index (χ0v) is 14.9. The van der Waals surface area contributed by atoms with Gasteiger partial charge in [-0.15, -0.1) is 11.6 Å². The van der Waals surface area contributed by atoms with Crippen molar-refractivity contribution in [1.82, 2.24) is 0 Å². The lowest BCUT2D eigenvalue weighted by Crippen LogP contribution is -2.21. The summed E-state index contributed by atoms with van der Waals surface area (Å²) < 4.78 is 10.6. The Balaban J connectivity index is 2.32. The average molecular weight is 363 g/mol. The van der Waals surface area contributed by atoms with Gasteiger partial charge in [0.25, 0.3) is 5.91 Å². The molecule has 2 N–H and O–H groups in total. The van der Waals surface area contributed by atoms with Gasteiger partial charge in [-0.3, -0.25) is 9.59 Å². The van der Waals surface area contributed by atoms with E-state index in [-0.39, 0.29) is 11.8 Å². The van der Waals surface area contributed by atoms with E-state index in [1.165, 1.54) is 14.2 Å². The fourth-order valence-corrected chi connectivity index (χ4v) is 2.16. The number of ether oxygens (including phenoxy) is 2. The molecule has 2 aromatic rings. The highest BCUT2D eigenvalue weighted by Gasteiger charge is 2.17. The van der Waals surface area contributed by atoms with Gasteiger partial charge in [-0.2, -0.15) is 0 Å². The summed E-state index contributed by atoms with van der Waals surface area (Å²) in [6, 6.07) is 11.9. The number of alkyl halides is 1. The standard InChI is InChI=1S/C18H19ClN2O4/c1-11(19)17(22)20-13-9-16(25-3)14(10-15(13)24-2)21-18(23)12-7-5-4-6-8-12/h4-11H,1-3H3,(H,20,22)(H,21,23)/t11-/m0/s1. The van der Waals surface area contributed by atoms with Gasteiger partial charge in [-0.1, -0.05) is 18.2 Å². The third-order valence-corrected chi connectivity index (χ3v) is 3.62. The first-order valence-electron chi connectivity index (χ1n) is 7.53. The van der Waals surface area contributed by atoms with E-state index in [9.17, 15) is 9.59 Å². The normalized spacial score (nSPS) is 11.4. The Morgan fingerprint density at radius 2 is 1.48 bits per heavy atom. The predicted molar refractivity (Wildman–Crippen MR) is 97.9 cm³/mol. The van der Waals surface area contributed by atoms with Crippen molar-refractivity contribution in [3.05, 3.63) is 48.0 Å². The van der Waals surface area contributed by atoms with Crippen molar-refractivity contribution in [2.75, 3.05) is 24.9 Å². The van der Waals surface area contributed by atoms with Gasteiger partial charge in [-0.25, -0.2) is 0 Å². The summed E-state index contributed by atoms with van der Waals surface area (Å²) in [7, 11) is 2.93. The molecule has 0 aliphatic carbocycles. The van der Waals surface area contributed by atoms with Crippen LogP contribution in [0.2, 0.25) is 0 Å². The van der Waals surface area contributed by atoms with Gasteiger partial charge in [0.1, 0.15) is 16.9 Å². The maximum Gasteiger partial charge on any atom is 0.255 e. The molecule has 0 fully saturated rings. The second-order valence-electron chi connectivity index (χ2n) is 5.18. The third kappa shape index (κ3) is 4.64. The Labute approximate surface area is 151 Å². The van der Waals surface area contributed by atoms with Crippen molar-refractivity contribution >= 4 is 34.8 Å². The molecule has 0 unspecified atom stereocenters. The lowest BCUT2D eigenvalue weighted by molar-refractivity contribution is -0.115. The number of carbonyl (C=O) groups is 2. The smallest absolute Gasteiger partial charge is 0.255 e. The minimum atomic E-state index is -0.701. The van der Waals surface area contributed by atoms with Crippen molar-refractivity contribution in [3.63, 3.8) is 0 Å². The van der Waals surface area contributed by atoms with Crippen LogP contribution in [0.1, 0.15) is 17.3 Å². The first kappa shape index (κ1) is 18.6. The number of hydrogen-bond donors (Lipinski definition) is 2. The Morgan fingerprint density at radius 1 is 0.960 bits per heavy atom. The fraction of sp³-hybridized carbons (Fsp3) is 0.222. The van der Waals surface area contributed by atoms with Crippen molar-refractivity contribution < 1.29 is 19.1 Å². The molecule has 132 valence electrons. The number of rotatable bonds is 6. The Bertz CT molecular complexity index is 763. The summed E-state index contributed by atoms with van der Waals surface area (Å²) in [5.41, 5.74) is 1.33. The molecule has 0 radical (unpaired) electrons. The molecule has 0 heterocycles. The number of methoxy groups -OCH3 is 2. The summed E-state index contributed by atoms with van der Waals surface area (Å²) >= 11 is 5.77. The Morgan fingerprint density at radius 3 is 1.96 bits per heavy atom. The number of carbonyl (C=O) groups excluding carboxylic acids is 2. The van der Waals surface area contributed by atoms with Gasteiger partial charge in [0.15, 0.2) is 0 Å². The first-order valence-corrected chi connectivity index (χ1v) is 7.97. The van der Waals surface area contributed by atoms with Crippen LogP contribution in [0.25, 0.3) is 0 Å². The van der Waals surface area contributed by atoms with Gasteiger partial charge < -0.3 is 20.1 Å². The second kappa shape index (κ2) is 8.39. The molecule has 0 aliphatic rings. The summed E-state index contributed by atoms with van der Waals surface area (Å²) in [5.74, 6) is 0.0904. The van der Waals surface area contributed by atoms with Crippen LogP contribution in [0.3, 0.4) is 0 Å². The van der Waals surface area contributed by atoms with Crippen molar-refractivity contribution in [3.8, 4) is 11.5 Å². The molecular weight excluding hydrogens is 344 g/mol. The lowest BCUT2D eigenvalue weighted by atomic mass is 10.2. The molecule has 0 spiro atoms. The summed E-state index contributed by atoms with van der Waals surface area (Å²) in [6.45, 7) is 1.56. The molecule has 2 amide bonds. The summed E-state index contributed by atoms with van der Waals surface area (Å²) in [4.78, 5) is 24.2. The minimum Gasteiger partial charge on any atom is -0.494 e. The molecule has 0 saturated heterocycles. The molecule has 7 heteroatoms. The Kier molecular flexibility index (Phi) is 6.25. The second-order valence-corrected chi connectivity index (χ2v) is 5.83. The molecule has 0 saturated carbocycles. The van der Waals surface area contributed by atoms with Gasteiger partial charge in [-0.05, 0) is 19.1 Å². The van der Waals surface area contributed by atoms with E-state index >= 15 is 0 Å². The van der Waals surface area contributed by atoms with E-state index in [2.05, 4.69) is 10.6 Å². The van der Waals surface area contributed by atoms with Gasteiger partial charge in [0.2, 0.25) is 5.91 Å². The number of nitrogens with one attached hydrogen (secondary N) is 2. The third-order valence-electron chi connectivity index (χ3n) is 3.42. The van der Waals surface area contributed by atoms with Crippen LogP contribution < -0.4 is 20.1 Å².